The normalized spacial score (nSPS) is 10.6. The van der Waals surface area contributed by atoms with Gasteiger partial charge in [0.15, 0.2) is 11.7 Å². The van der Waals surface area contributed by atoms with Crippen LogP contribution in [0.1, 0.15) is 21.6 Å². The summed E-state index contributed by atoms with van der Waals surface area (Å²) >= 11 is 1.25. The van der Waals surface area contributed by atoms with Gasteiger partial charge in [0, 0.05) is 16.1 Å². The molecule has 0 bridgehead atoms. The van der Waals surface area contributed by atoms with Crippen molar-refractivity contribution in [3.8, 4) is 11.3 Å². The first kappa shape index (κ1) is 20.5. The highest BCUT2D eigenvalue weighted by atomic mass is 32.1. The van der Waals surface area contributed by atoms with Crippen molar-refractivity contribution in [2.75, 3.05) is 17.7 Å². The van der Waals surface area contributed by atoms with Gasteiger partial charge in [-0.2, -0.15) is 0 Å². The SMILES string of the molecule is Cc1ccc(-c2nc(N)sc2CC(=O)OCC(=O)Nc2ccc(C)c(C)c2)cc1. The molecule has 0 spiro atoms. The number of aromatic nitrogens is 1. The Morgan fingerprint density at radius 2 is 1.79 bits per heavy atom. The van der Waals surface area contributed by atoms with Crippen molar-refractivity contribution in [2.45, 2.75) is 27.2 Å². The second kappa shape index (κ2) is 8.87. The number of amides is 1. The monoisotopic (exact) mass is 409 g/mol. The maximum atomic E-state index is 12.3. The Morgan fingerprint density at radius 3 is 2.48 bits per heavy atom. The van der Waals surface area contributed by atoms with E-state index in [1.54, 1.807) is 0 Å². The van der Waals surface area contributed by atoms with E-state index in [1.165, 1.54) is 11.3 Å². The van der Waals surface area contributed by atoms with Crippen LogP contribution in [0.3, 0.4) is 0 Å². The first-order chi connectivity index (χ1) is 13.8. The largest absolute Gasteiger partial charge is 0.455 e. The molecule has 1 heterocycles. The summed E-state index contributed by atoms with van der Waals surface area (Å²) in [5, 5.41) is 3.11. The quantitative estimate of drug-likeness (QED) is 0.599. The molecule has 7 heteroatoms. The van der Waals surface area contributed by atoms with Crippen LogP contribution in [0, 0.1) is 20.8 Å². The molecule has 3 rings (SSSR count). The number of nitrogen functional groups attached to an aromatic ring is 1. The lowest BCUT2D eigenvalue weighted by Crippen LogP contribution is -2.21. The fourth-order valence-electron chi connectivity index (χ4n) is 2.77. The van der Waals surface area contributed by atoms with Crippen LogP contribution in [0.25, 0.3) is 11.3 Å². The maximum Gasteiger partial charge on any atom is 0.311 e. The van der Waals surface area contributed by atoms with Crippen LogP contribution in [-0.4, -0.2) is 23.5 Å². The summed E-state index contributed by atoms with van der Waals surface area (Å²) in [5.74, 6) is -0.888. The van der Waals surface area contributed by atoms with E-state index < -0.39 is 5.97 Å². The van der Waals surface area contributed by atoms with Gasteiger partial charge in [0.05, 0.1) is 12.1 Å². The zero-order valence-electron chi connectivity index (χ0n) is 16.6. The highest BCUT2D eigenvalue weighted by molar-refractivity contribution is 7.15. The predicted octanol–water partition coefficient (Wildman–Crippen LogP) is 4.04. The zero-order valence-corrected chi connectivity index (χ0v) is 17.4. The van der Waals surface area contributed by atoms with Gasteiger partial charge in [0.2, 0.25) is 0 Å². The van der Waals surface area contributed by atoms with E-state index in [2.05, 4.69) is 10.3 Å². The number of aryl methyl sites for hydroxylation is 3. The molecule has 1 aromatic heterocycles. The van der Waals surface area contributed by atoms with E-state index in [4.69, 9.17) is 10.5 Å². The third kappa shape index (κ3) is 5.42. The van der Waals surface area contributed by atoms with Gasteiger partial charge in [0.25, 0.3) is 5.91 Å². The van der Waals surface area contributed by atoms with Crippen LogP contribution in [0.15, 0.2) is 42.5 Å². The molecule has 6 nitrogen and oxygen atoms in total. The van der Waals surface area contributed by atoms with Gasteiger partial charge in [-0.1, -0.05) is 35.9 Å². The van der Waals surface area contributed by atoms with Crippen LogP contribution < -0.4 is 11.1 Å². The first-order valence-corrected chi connectivity index (χ1v) is 9.98. The third-order valence-corrected chi connectivity index (χ3v) is 5.38. The van der Waals surface area contributed by atoms with Gasteiger partial charge < -0.3 is 15.8 Å². The van der Waals surface area contributed by atoms with Crippen LogP contribution >= 0.6 is 11.3 Å². The van der Waals surface area contributed by atoms with Crippen molar-refractivity contribution >= 4 is 34.0 Å². The summed E-state index contributed by atoms with van der Waals surface area (Å²) < 4.78 is 5.14. The van der Waals surface area contributed by atoms with E-state index in [0.29, 0.717) is 21.4 Å². The van der Waals surface area contributed by atoms with Gasteiger partial charge in [-0.05, 0) is 44.0 Å². The Labute approximate surface area is 173 Å². The average molecular weight is 410 g/mol. The lowest BCUT2D eigenvalue weighted by atomic mass is 10.1. The second-order valence-corrected chi connectivity index (χ2v) is 7.99. The molecule has 3 aromatic rings. The molecule has 3 N–H and O–H groups in total. The Kier molecular flexibility index (Phi) is 6.29. The molecule has 2 aromatic carbocycles. The second-order valence-electron chi connectivity index (χ2n) is 6.87. The van der Waals surface area contributed by atoms with Crippen LogP contribution in [-0.2, 0) is 20.7 Å². The Balaban J connectivity index is 1.59. The highest BCUT2D eigenvalue weighted by Gasteiger charge is 2.17. The Hall–Kier alpha value is -3.19. The molecule has 0 radical (unpaired) electrons. The maximum absolute atomic E-state index is 12.3. The number of nitrogens with one attached hydrogen (secondary N) is 1. The number of thiazole rings is 1. The Bertz CT molecular complexity index is 1040. The highest BCUT2D eigenvalue weighted by Crippen LogP contribution is 2.30. The van der Waals surface area contributed by atoms with Crippen molar-refractivity contribution in [2.24, 2.45) is 0 Å². The number of ether oxygens (including phenoxy) is 1. The molecule has 0 unspecified atom stereocenters. The number of esters is 1. The summed E-state index contributed by atoms with van der Waals surface area (Å²) in [6.07, 6.45) is 0.00892. The van der Waals surface area contributed by atoms with Crippen molar-refractivity contribution in [1.29, 1.82) is 0 Å². The number of carbonyl (C=O) groups excluding carboxylic acids is 2. The van der Waals surface area contributed by atoms with E-state index in [0.717, 1.165) is 22.3 Å². The van der Waals surface area contributed by atoms with Crippen LogP contribution in [0.2, 0.25) is 0 Å². The molecule has 0 aliphatic carbocycles. The number of anilines is 2. The molecule has 0 saturated heterocycles. The number of carbonyl (C=O) groups is 2. The summed E-state index contributed by atoms with van der Waals surface area (Å²) in [6.45, 7) is 5.62. The topological polar surface area (TPSA) is 94.3 Å². The molecule has 0 fully saturated rings. The van der Waals surface area contributed by atoms with Gasteiger partial charge in [-0.3, -0.25) is 9.59 Å². The minimum Gasteiger partial charge on any atom is -0.455 e. The number of nitrogens with zero attached hydrogens (tertiary/aromatic N) is 1. The van der Waals surface area contributed by atoms with Gasteiger partial charge in [0.1, 0.15) is 0 Å². The van der Waals surface area contributed by atoms with E-state index >= 15 is 0 Å². The van der Waals surface area contributed by atoms with Gasteiger partial charge in [-0.15, -0.1) is 11.3 Å². The average Bonchev–Trinajstić information content (AvgIpc) is 3.04. The molecular weight excluding hydrogens is 386 g/mol. The lowest BCUT2D eigenvalue weighted by molar-refractivity contribution is -0.146. The number of benzene rings is 2. The van der Waals surface area contributed by atoms with Crippen LogP contribution in [0.5, 0.6) is 0 Å². The van der Waals surface area contributed by atoms with Crippen molar-refractivity contribution < 1.29 is 14.3 Å². The molecule has 0 aliphatic rings. The number of hydrogen-bond donors (Lipinski definition) is 2. The number of hydrogen-bond acceptors (Lipinski definition) is 6. The number of rotatable bonds is 6. The molecule has 0 aliphatic heterocycles. The fraction of sp³-hybridized carbons (Fsp3) is 0.227. The summed E-state index contributed by atoms with van der Waals surface area (Å²) in [4.78, 5) is 29.4. The van der Waals surface area contributed by atoms with Gasteiger partial charge >= 0.3 is 5.97 Å². The zero-order chi connectivity index (χ0) is 21.0. The molecule has 150 valence electrons. The van der Waals surface area contributed by atoms with Crippen molar-refractivity contribution in [3.63, 3.8) is 0 Å². The van der Waals surface area contributed by atoms with E-state index in [9.17, 15) is 9.59 Å². The van der Waals surface area contributed by atoms with E-state index in [-0.39, 0.29) is 18.9 Å². The molecule has 29 heavy (non-hydrogen) atoms. The van der Waals surface area contributed by atoms with Crippen molar-refractivity contribution in [1.82, 2.24) is 4.98 Å². The summed E-state index contributed by atoms with van der Waals surface area (Å²) in [7, 11) is 0. The Morgan fingerprint density at radius 1 is 1.07 bits per heavy atom. The standard InChI is InChI=1S/C22H23N3O3S/c1-13-4-7-16(8-5-13)21-18(29-22(23)25-21)11-20(27)28-12-19(26)24-17-9-6-14(2)15(3)10-17/h4-10H,11-12H2,1-3H3,(H2,23,25)(H,24,26). The minimum absolute atomic E-state index is 0.00892. The summed E-state index contributed by atoms with van der Waals surface area (Å²) in [6, 6.07) is 13.5. The number of nitrogens with two attached hydrogens (primary N) is 1. The smallest absolute Gasteiger partial charge is 0.311 e. The molecule has 1 amide bonds. The third-order valence-electron chi connectivity index (χ3n) is 4.50. The molecule has 0 saturated carbocycles. The minimum atomic E-state index is -0.503. The molecular formula is C22H23N3O3S. The van der Waals surface area contributed by atoms with Crippen molar-refractivity contribution in [3.05, 3.63) is 64.0 Å². The summed E-state index contributed by atoms with van der Waals surface area (Å²) in [5.41, 5.74) is 11.4. The predicted molar refractivity (Wildman–Crippen MR) is 116 cm³/mol. The fourth-order valence-corrected chi connectivity index (χ4v) is 3.61. The first-order valence-electron chi connectivity index (χ1n) is 9.17. The van der Waals surface area contributed by atoms with Gasteiger partial charge in [-0.25, -0.2) is 4.98 Å². The lowest BCUT2D eigenvalue weighted by Gasteiger charge is -2.08. The van der Waals surface area contributed by atoms with E-state index in [1.807, 2.05) is 63.2 Å². The molecule has 0 atom stereocenters. The van der Waals surface area contributed by atoms with Crippen LogP contribution in [0.4, 0.5) is 10.8 Å².